The normalized spacial score (nSPS) is 12.6. The maximum Gasteiger partial charge on any atom is 0.404 e. The quantitative estimate of drug-likeness (QED) is 0.362. The zero-order valence-corrected chi connectivity index (χ0v) is 10.5. The SMILES string of the molecule is CC(C)(NC(=O)C(N)CCCNC(=O)O)C(N)=O. The maximum atomic E-state index is 11.6. The van der Waals surface area contributed by atoms with E-state index in [1.165, 1.54) is 13.8 Å². The number of amides is 3. The highest BCUT2D eigenvalue weighted by atomic mass is 16.4. The van der Waals surface area contributed by atoms with Crippen molar-refractivity contribution in [3.63, 3.8) is 0 Å². The van der Waals surface area contributed by atoms with Crippen molar-refractivity contribution >= 4 is 17.9 Å². The molecule has 0 rings (SSSR count). The maximum absolute atomic E-state index is 11.6. The first-order chi connectivity index (χ1) is 8.16. The van der Waals surface area contributed by atoms with Gasteiger partial charge in [0.25, 0.3) is 0 Å². The van der Waals surface area contributed by atoms with Gasteiger partial charge in [-0.15, -0.1) is 0 Å². The van der Waals surface area contributed by atoms with Crippen molar-refractivity contribution in [3.8, 4) is 0 Å². The van der Waals surface area contributed by atoms with E-state index in [0.29, 0.717) is 12.8 Å². The summed E-state index contributed by atoms with van der Waals surface area (Å²) in [5, 5.41) is 12.9. The molecule has 0 bridgehead atoms. The fourth-order valence-corrected chi connectivity index (χ4v) is 1.11. The molecule has 0 radical (unpaired) electrons. The summed E-state index contributed by atoms with van der Waals surface area (Å²) in [7, 11) is 0. The Morgan fingerprint density at radius 2 is 1.89 bits per heavy atom. The zero-order valence-electron chi connectivity index (χ0n) is 10.5. The number of primary amides is 1. The molecule has 8 nitrogen and oxygen atoms in total. The zero-order chi connectivity index (χ0) is 14.3. The smallest absolute Gasteiger partial charge is 0.404 e. The van der Waals surface area contributed by atoms with Crippen molar-refractivity contribution in [2.24, 2.45) is 11.5 Å². The van der Waals surface area contributed by atoms with Crippen LogP contribution in [0.1, 0.15) is 26.7 Å². The summed E-state index contributed by atoms with van der Waals surface area (Å²) in [5.74, 6) is -1.15. The minimum absolute atomic E-state index is 0.218. The Labute approximate surface area is 105 Å². The summed E-state index contributed by atoms with van der Waals surface area (Å²) in [4.78, 5) is 32.8. The Morgan fingerprint density at radius 1 is 1.33 bits per heavy atom. The molecule has 7 N–H and O–H groups in total. The van der Waals surface area contributed by atoms with Gasteiger partial charge in [0.05, 0.1) is 6.04 Å². The average molecular weight is 260 g/mol. The van der Waals surface area contributed by atoms with Gasteiger partial charge in [-0.25, -0.2) is 4.79 Å². The number of carbonyl (C=O) groups is 3. The average Bonchev–Trinajstić information content (AvgIpc) is 2.22. The fraction of sp³-hybridized carbons (Fsp3) is 0.700. The summed E-state index contributed by atoms with van der Waals surface area (Å²) in [6, 6.07) is -0.806. The standard InChI is InChI=1S/C10H20N4O4/c1-10(2,8(12)16)14-7(15)6(11)4-3-5-13-9(17)18/h6,13H,3-5,11H2,1-2H3,(H2,12,16)(H,14,15)(H,17,18). The van der Waals surface area contributed by atoms with Crippen LogP contribution in [0.5, 0.6) is 0 Å². The molecular formula is C10H20N4O4. The van der Waals surface area contributed by atoms with Crippen molar-refractivity contribution in [1.82, 2.24) is 10.6 Å². The Bertz CT molecular complexity index is 330. The predicted octanol–water partition coefficient (Wildman–Crippen LogP) is -1.26. The van der Waals surface area contributed by atoms with Crippen molar-refractivity contribution in [2.45, 2.75) is 38.3 Å². The monoisotopic (exact) mass is 260 g/mol. The molecule has 0 aliphatic carbocycles. The van der Waals surface area contributed by atoms with E-state index in [-0.39, 0.29) is 6.54 Å². The summed E-state index contributed by atoms with van der Waals surface area (Å²) in [6.07, 6.45) is -0.387. The van der Waals surface area contributed by atoms with E-state index in [2.05, 4.69) is 10.6 Å². The molecule has 0 aliphatic heterocycles. The molecule has 3 amide bonds. The van der Waals surface area contributed by atoms with E-state index in [1.807, 2.05) is 0 Å². The molecule has 0 aromatic heterocycles. The van der Waals surface area contributed by atoms with Crippen LogP contribution in [0.4, 0.5) is 4.79 Å². The summed E-state index contributed by atoms with van der Waals surface area (Å²) in [6.45, 7) is 3.17. The Balaban J connectivity index is 4.04. The summed E-state index contributed by atoms with van der Waals surface area (Å²) in [5.41, 5.74) is 9.55. The van der Waals surface area contributed by atoms with Crippen LogP contribution in [0.25, 0.3) is 0 Å². The second-order valence-electron chi connectivity index (χ2n) is 4.46. The van der Waals surface area contributed by atoms with Gasteiger partial charge in [-0.05, 0) is 26.7 Å². The van der Waals surface area contributed by atoms with Crippen LogP contribution in [0, 0.1) is 0 Å². The molecule has 0 aromatic carbocycles. The molecule has 8 heteroatoms. The highest BCUT2D eigenvalue weighted by Gasteiger charge is 2.28. The van der Waals surface area contributed by atoms with Crippen molar-refractivity contribution in [2.75, 3.05) is 6.54 Å². The first-order valence-corrected chi connectivity index (χ1v) is 5.51. The number of hydrogen-bond acceptors (Lipinski definition) is 4. The van der Waals surface area contributed by atoms with E-state index in [4.69, 9.17) is 16.6 Å². The lowest BCUT2D eigenvalue weighted by Gasteiger charge is -2.24. The molecule has 0 fully saturated rings. The summed E-state index contributed by atoms with van der Waals surface area (Å²) >= 11 is 0. The van der Waals surface area contributed by atoms with Crippen LogP contribution < -0.4 is 22.1 Å². The Morgan fingerprint density at radius 3 is 2.33 bits per heavy atom. The van der Waals surface area contributed by atoms with Crippen LogP contribution in [0.2, 0.25) is 0 Å². The van der Waals surface area contributed by atoms with Crippen LogP contribution in [-0.2, 0) is 9.59 Å². The number of hydrogen-bond donors (Lipinski definition) is 5. The third kappa shape index (κ3) is 6.04. The lowest BCUT2D eigenvalue weighted by atomic mass is 10.0. The molecule has 0 spiro atoms. The second kappa shape index (κ2) is 6.80. The van der Waals surface area contributed by atoms with Crippen molar-refractivity contribution in [3.05, 3.63) is 0 Å². The largest absolute Gasteiger partial charge is 0.465 e. The van der Waals surface area contributed by atoms with Gasteiger partial charge in [0.1, 0.15) is 5.54 Å². The number of rotatable bonds is 7. The van der Waals surface area contributed by atoms with Crippen LogP contribution in [0.15, 0.2) is 0 Å². The minimum Gasteiger partial charge on any atom is -0.465 e. The number of nitrogens with one attached hydrogen (secondary N) is 2. The van der Waals surface area contributed by atoms with Crippen LogP contribution in [0.3, 0.4) is 0 Å². The van der Waals surface area contributed by atoms with Crippen LogP contribution in [-0.4, -0.2) is 41.1 Å². The molecular weight excluding hydrogens is 240 g/mol. The van der Waals surface area contributed by atoms with Gasteiger partial charge in [-0.1, -0.05) is 0 Å². The fourth-order valence-electron chi connectivity index (χ4n) is 1.11. The van der Waals surface area contributed by atoms with Gasteiger partial charge >= 0.3 is 6.09 Å². The predicted molar refractivity (Wildman–Crippen MR) is 64.7 cm³/mol. The van der Waals surface area contributed by atoms with Gasteiger partial charge < -0.3 is 27.2 Å². The molecule has 0 aliphatic rings. The summed E-state index contributed by atoms with van der Waals surface area (Å²) < 4.78 is 0. The van der Waals surface area contributed by atoms with E-state index >= 15 is 0 Å². The van der Waals surface area contributed by atoms with E-state index in [0.717, 1.165) is 0 Å². The number of carboxylic acid groups (broad SMARTS) is 1. The Kier molecular flexibility index (Phi) is 6.11. The topological polar surface area (TPSA) is 148 Å². The van der Waals surface area contributed by atoms with Gasteiger partial charge in [0, 0.05) is 6.54 Å². The van der Waals surface area contributed by atoms with Crippen molar-refractivity contribution < 1.29 is 19.5 Å². The lowest BCUT2D eigenvalue weighted by Crippen LogP contribution is -2.56. The highest BCUT2D eigenvalue weighted by molar-refractivity contribution is 5.91. The molecule has 0 aromatic rings. The first kappa shape index (κ1) is 16.2. The highest BCUT2D eigenvalue weighted by Crippen LogP contribution is 2.02. The second-order valence-corrected chi connectivity index (χ2v) is 4.46. The first-order valence-electron chi connectivity index (χ1n) is 5.51. The lowest BCUT2D eigenvalue weighted by molar-refractivity contribution is -0.131. The third-order valence-corrected chi connectivity index (χ3v) is 2.36. The van der Waals surface area contributed by atoms with Gasteiger partial charge in [-0.3, -0.25) is 9.59 Å². The minimum atomic E-state index is -1.16. The van der Waals surface area contributed by atoms with Crippen molar-refractivity contribution in [1.29, 1.82) is 0 Å². The molecule has 0 heterocycles. The van der Waals surface area contributed by atoms with Gasteiger partial charge in [0.2, 0.25) is 11.8 Å². The van der Waals surface area contributed by atoms with E-state index in [1.54, 1.807) is 0 Å². The van der Waals surface area contributed by atoms with Crippen LogP contribution >= 0.6 is 0 Å². The van der Waals surface area contributed by atoms with Gasteiger partial charge in [-0.2, -0.15) is 0 Å². The molecule has 1 atom stereocenters. The van der Waals surface area contributed by atoms with E-state index < -0.39 is 29.5 Å². The molecule has 18 heavy (non-hydrogen) atoms. The van der Waals surface area contributed by atoms with E-state index in [9.17, 15) is 14.4 Å². The Hall–Kier alpha value is -1.83. The molecule has 0 saturated heterocycles. The molecule has 0 saturated carbocycles. The number of carbonyl (C=O) groups excluding carboxylic acids is 2. The van der Waals surface area contributed by atoms with Gasteiger partial charge in [0.15, 0.2) is 0 Å². The molecule has 1 unspecified atom stereocenters. The third-order valence-electron chi connectivity index (χ3n) is 2.36. The molecule has 104 valence electrons. The number of nitrogens with two attached hydrogens (primary N) is 2.